The molecule has 3 unspecified atom stereocenters. The molecule has 0 bridgehead atoms. The number of carbonyl (C=O) groups excluding carboxylic acids is 4. The fraction of sp³-hybridized carbons (Fsp3) is 0.912. The third kappa shape index (κ3) is 22.4. The largest absolute Gasteiger partial charge is 0.477 e. The van der Waals surface area contributed by atoms with E-state index < -0.39 is 389 Å². The Morgan fingerprint density at radius 1 is 0.358 bits per heavy atom. The number of aliphatic hydroxyl groups is 26. The molecule has 9 fully saturated rings. The standard InChI is InChI=1S/C68H112N4O51/c1-16-35(87)43(95)46(98)61(109-16)120-55-38(90)25(10-75)111-62(47(55)99)116-50-28(13-78)113-59(33(42(50)94)71-19(4)81)107-14-29-41(93)56(48(100)63(115-29)117-51-27(12-77)110-58(102)45(97)44(51)96)119-60-34(72-20(5)82)52(40(92)30(114-60)15-108-67(65(103)104)6-21(83)31(69-17(2)79)53(121-67)36(88)23(85)8-73)118-64-49(101)57(39(91)26(11-76)112-64)123-68(66(105)106)7-22(84)32(70-18(3)80)54(122-68)37(89)24(86)9-74/h16,21-64,73-78,83-102H,6-15H2,1-5H3,(H,69,79)(H,70,80)(H,71,81)(H,72,82)(H,103,104)(H,105,106)/t16-,21-,22-,23+,24+,25+,26+,27+,28+,29+,30+,31+,32+,33+,34+,35+,36+,37+,38-,39-,40+,41-,42+,43+,44-,45+,46-,47+,48-,49+,50+,51+,52+,53+,54+,55-,56-,57-,58?,59+,60-,61-,62-,63-,64-,67?,68?/m0/s1. The van der Waals surface area contributed by atoms with Crippen LogP contribution in [0.4, 0.5) is 0 Å². The molecule has 0 aromatic carbocycles. The molecule has 0 spiro atoms. The van der Waals surface area contributed by atoms with Crippen LogP contribution in [0, 0.1) is 0 Å². The van der Waals surface area contributed by atoms with Crippen LogP contribution in [0.25, 0.3) is 0 Å². The van der Waals surface area contributed by atoms with E-state index in [9.17, 15) is 172 Å². The molecule has 710 valence electrons. The van der Waals surface area contributed by atoms with E-state index in [1.54, 1.807) is 0 Å². The van der Waals surface area contributed by atoms with E-state index in [1.165, 1.54) is 6.92 Å². The summed E-state index contributed by atoms with van der Waals surface area (Å²) in [6.45, 7) is -5.26. The van der Waals surface area contributed by atoms with Crippen molar-refractivity contribution in [1.82, 2.24) is 21.3 Å². The van der Waals surface area contributed by atoms with Crippen molar-refractivity contribution < 1.29 is 252 Å². The molecule has 123 heavy (non-hydrogen) atoms. The smallest absolute Gasteiger partial charge is 0.364 e. The molecule has 9 aliphatic heterocycles. The summed E-state index contributed by atoms with van der Waals surface area (Å²) in [6, 6.07) is -7.98. The fourth-order valence-corrected chi connectivity index (χ4v) is 15.7. The quantitative estimate of drug-likeness (QED) is 0.0284. The molecular formula is C68H112N4O51. The molecular weight excluding hydrogens is 1690 g/mol. The lowest BCUT2D eigenvalue weighted by atomic mass is 9.88. The molecule has 9 heterocycles. The molecule has 55 nitrogen and oxygen atoms in total. The summed E-state index contributed by atoms with van der Waals surface area (Å²) < 4.78 is 99.8. The first-order chi connectivity index (χ1) is 57.8. The number of carboxylic acid groups (broad SMARTS) is 2. The lowest BCUT2D eigenvalue weighted by molar-refractivity contribution is -0.393. The number of carbonyl (C=O) groups is 6. The minimum Gasteiger partial charge on any atom is -0.477 e. The first-order valence-corrected chi connectivity index (χ1v) is 38.7. The second-order valence-corrected chi connectivity index (χ2v) is 31.0. The lowest BCUT2D eigenvalue weighted by Crippen LogP contribution is -2.72. The van der Waals surface area contributed by atoms with Crippen molar-refractivity contribution in [3.8, 4) is 0 Å². The second kappa shape index (κ2) is 43.2. The Morgan fingerprint density at radius 2 is 0.724 bits per heavy atom. The van der Waals surface area contributed by atoms with Gasteiger partial charge in [0, 0.05) is 40.5 Å². The molecule has 0 radical (unpaired) electrons. The van der Waals surface area contributed by atoms with Crippen LogP contribution in [0.1, 0.15) is 47.5 Å². The number of hydrogen-bond acceptors (Lipinski definition) is 49. The predicted octanol–water partition coefficient (Wildman–Crippen LogP) is -20.6. The van der Waals surface area contributed by atoms with Gasteiger partial charge in [0.1, 0.15) is 201 Å². The molecule has 32 N–H and O–H groups in total. The maximum absolute atomic E-state index is 13.7. The summed E-state index contributed by atoms with van der Waals surface area (Å²) in [4.78, 5) is 78.8. The topological polar surface area (TPSA) is 874 Å². The van der Waals surface area contributed by atoms with Gasteiger partial charge in [0.05, 0.1) is 83.3 Å². The zero-order valence-electron chi connectivity index (χ0n) is 66.0. The van der Waals surface area contributed by atoms with E-state index in [2.05, 4.69) is 21.3 Å². The molecule has 9 aliphatic rings. The first-order valence-electron chi connectivity index (χ1n) is 38.7. The summed E-state index contributed by atoms with van der Waals surface area (Å²) in [5.41, 5.74) is 0. The molecule has 9 rings (SSSR count). The maximum atomic E-state index is 13.7. The molecule has 9 saturated heterocycles. The highest BCUT2D eigenvalue weighted by Gasteiger charge is 2.64. The molecule has 4 amide bonds. The average molecular weight is 1800 g/mol. The van der Waals surface area contributed by atoms with Crippen LogP contribution >= 0.6 is 0 Å². The third-order valence-electron chi connectivity index (χ3n) is 22.3. The van der Waals surface area contributed by atoms with Gasteiger partial charge in [-0.05, 0) is 6.92 Å². The van der Waals surface area contributed by atoms with Crippen LogP contribution in [0.5, 0.6) is 0 Å². The van der Waals surface area contributed by atoms with Gasteiger partial charge in [-0.25, -0.2) is 9.59 Å². The van der Waals surface area contributed by atoms with Crippen molar-refractivity contribution in [1.29, 1.82) is 0 Å². The number of hydrogen-bond donors (Lipinski definition) is 32. The zero-order chi connectivity index (χ0) is 91.4. The van der Waals surface area contributed by atoms with Crippen molar-refractivity contribution >= 4 is 35.6 Å². The van der Waals surface area contributed by atoms with Gasteiger partial charge in [0.25, 0.3) is 11.6 Å². The number of nitrogens with one attached hydrogen (secondary N) is 4. The third-order valence-corrected chi connectivity index (χ3v) is 22.3. The van der Waals surface area contributed by atoms with E-state index in [1.807, 2.05) is 0 Å². The van der Waals surface area contributed by atoms with Gasteiger partial charge in [-0.1, -0.05) is 0 Å². The number of rotatable bonds is 34. The summed E-state index contributed by atoms with van der Waals surface area (Å²) >= 11 is 0. The summed E-state index contributed by atoms with van der Waals surface area (Å²) in [7, 11) is 0. The summed E-state index contributed by atoms with van der Waals surface area (Å²) in [6.07, 6.45) is -94.1. The van der Waals surface area contributed by atoms with Crippen LogP contribution < -0.4 is 21.3 Å². The summed E-state index contributed by atoms with van der Waals surface area (Å²) in [5.74, 6) is -15.3. The van der Waals surface area contributed by atoms with Crippen LogP contribution in [-0.4, -0.2) is 519 Å². The van der Waals surface area contributed by atoms with E-state index in [4.69, 9.17) is 80.5 Å². The maximum Gasteiger partial charge on any atom is 0.364 e. The van der Waals surface area contributed by atoms with Gasteiger partial charge >= 0.3 is 11.9 Å². The highest BCUT2D eigenvalue weighted by atomic mass is 16.8. The predicted molar refractivity (Wildman–Crippen MR) is 376 cm³/mol. The second-order valence-electron chi connectivity index (χ2n) is 31.0. The average Bonchev–Trinajstić information content (AvgIpc) is 1.18. The monoisotopic (exact) mass is 1800 g/mol. The highest BCUT2D eigenvalue weighted by Crippen LogP contribution is 2.43. The molecule has 55 heteroatoms. The Bertz CT molecular complexity index is 3430. The SMILES string of the molecule is CC(=O)N[C@H]1[C@H](OC[C@H]2O[C@@H](O[C@H]3[C@@H](O)[C@@H](O)C(O)O[C@@H]3CO)[C@@H](O)[C@@H](O[C@@H]3O[C@H](COC4(C(=O)O)C[C@H](O)[C@@H](NC(C)=O)[C@H]([C@H](O)[C@H](O)CO)O4)[C@@H](O)[C@H](O[C@@H]4O[C@H](CO)[C@H](O)[C@H](OC5(C(=O)O)C[C@H](O)[C@@H](NC(C)=O)[C@H]([C@H](O)[C@H](O)CO)O5)[C@H]4O)[C@H]3NC(C)=O)[C@H]2O)O[C@H](CO)[C@@H](O[C@@H]2O[C@H](CO)[C@H](O)[C@H](O[C@@H]3O[C@@H](C)[C@@H](O)[C@@H](O)[C@@H]3O)[C@H]2O)[C@@H]1O. The van der Waals surface area contributed by atoms with Crippen LogP contribution in [-0.2, 0) is 109 Å². The van der Waals surface area contributed by atoms with Gasteiger partial charge < -0.3 is 245 Å². The normalized spacial score (nSPS) is 46.6. The Hall–Kier alpha value is -4.90. The molecule has 0 aliphatic carbocycles. The van der Waals surface area contributed by atoms with E-state index in [0.29, 0.717) is 0 Å². The van der Waals surface area contributed by atoms with Gasteiger partial charge in [0.15, 0.2) is 44.0 Å². The van der Waals surface area contributed by atoms with Crippen molar-refractivity contribution in [2.75, 3.05) is 52.9 Å². The Balaban J connectivity index is 1.09. The van der Waals surface area contributed by atoms with Crippen LogP contribution in [0.3, 0.4) is 0 Å². The number of amides is 4. The van der Waals surface area contributed by atoms with Gasteiger partial charge in [-0.15, -0.1) is 0 Å². The minimum atomic E-state index is -3.45. The van der Waals surface area contributed by atoms with Gasteiger partial charge in [-0.3, -0.25) is 19.2 Å². The van der Waals surface area contributed by atoms with Crippen molar-refractivity contribution in [3.63, 3.8) is 0 Å². The number of ether oxygens (including phenoxy) is 17. The Labute approximate surface area is 694 Å². The first kappa shape index (κ1) is 102. The van der Waals surface area contributed by atoms with Crippen molar-refractivity contribution in [2.45, 2.75) is 335 Å². The van der Waals surface area contributed by atoms with Gasteiger partial charge in [-0.2, -0.15) is 0 Å². The highest BCUT2D eigenvalue weighted by molar-refractivity contribution is 5.78. The van der Waals surface area contributed by atoms with Crippen molar-refractivity contribution in [3.05, 3.63) is 0 Å². The number of aliphatic hydroxyl groups excluding tert-OH is 26. The number of carboxylic acids is 2. The molecule has 0 aromatic rings. The van der Waals surface area contributed by atoms with Crippen LogP contribution in [0.2, 0.25) is 0 Å². The van der Waals surface area contributed by atoms with Crippen LogP contribution in [0.15, 0.2) is 0 Å². The lowest BCUT2D eigenvalue weighted by Gasteiger charge is -2.52. The van der Waals surface area contributed by atoms with Crippen molar-refractivity contribution in [2.24, 2.45) is 0 Å². The summed E-state index contributed by atoms with van der Waals surface area (Å²) in [5, 5.41) is 321. The van der Waals surface area contributed by atoms with E-state index in [-0.39, 0.29) is 0 Å². The fourth-order valence-electron chi connectivity index (χ4n) is 15.7. The molecule has 0 aromatic heterocycles. The van der Waals surface area contributed by atoms with E-state index >= 15 is 0 Å². The molecule has 0 saturated carbocycles. The Kier molecular flexibility index (Phi) is 35.8. The zero-order valence-corrected chi connectivity index (χ0v) is 66.0. The van der Waals surface area contributed by atoms with E-state index in [0.717, 1.165) is 27.7 Å². The Morgan fingerprint density at radius 3 is 1.20 bits per heavy atom. The number of aliphatic carboxylic acids is 2. The minimum absolute atomic E-state index is 0.783. The molecule has 47 atom stereocenters. The van der Waals surface area contributed by atoms with Gasteiger partial charge in [0.2, 0.25) is 23.6 Å².